The first kappa shape index (κ1) is 10.6. The van der Waals surface area contributed by atoms with E-state index < -0.39 is 0 Å². The molecule has 0 amide bonds. The summed E-state index contributed by atoms with van der Waals surface area (Å²) in [7, 11) is 0. The highest BCUT2D eigenvalue weighted by Gasteiger charge is 2.07. The summed E-state index contributed by atoms with van der Waals surface area (Å²) in [5.41, 5.74) is 1.18. The first-order valence-corrected chi connectivity index (χ1v) is 5.10. The summed E-state index contributed by atoms with van der Waals surface area (Å²) in [5.74, 6) is 0. The summed E-state index contributed by atoms with van der Waals surface area (Å²) < 4.78 is 0. The van der Waals surface area contributed by atoms with Gasteiger partial charge in [-0.3, -0.25) is 0 Å². The number of aliphatic hydroxyl groups is 1. The predicted octanol–water partition coefficient (Wildman–Crippen LogP) is 2.30. The molecule has 1 rings (SSSR count). The van der Waals surface area contributed by atoms with Crippen LogP contribution in [-0.2, 0) is 6.42 Å². The molecule has 13 heavy (non-hydrogen) atoms. The van der Waals surface area contributed by atoms with Crippen LogP contribution in [0.5, 0.6) is 0 Å². The van der Waals surface area contributed by atoms with Crippen molar-refractivity contribution in [2.75, 3.05) is 0 Å². The molecular weight excluding hydrogens is 180 g/mol. The third-order valence-corrected chi connectivity index (χ3v) is 2.14. The Hall–Kier alpha value is -0.470. The Morgan fingerprint density at radius 3 is 2.46 bits per heavy atom. The second-order valence-corrected chi connectivity index (χ2v) is 4.31. The molecule has 1 unspecified atom stereocenters. The van der Waals surface area contributed by atoms with E-state index in [1.807, 2.05) is 37.3 Å². The molecule has 1 aromatic carbocycles. The second-order valence-electron chi connectivity index (χ2n) is 3.43. The maximum absolute atomic E-state index is 9.62. The van der Waals surface area contributed by atoms with Gasteiger partial charge in [0.1, 0.15) is 0 Å². The van der Waals surface area contributed by atoms with Gasteiger partial charge < -0.3 is 5.11 Å². The van der Waals surface area contributed by atoms with E-state index in [1.165, 1.54) is 5.56 Å². The van der Waals surface area contributed by atoms with Crippen LogP contribution in [0.4, 0.5) is 0 Å². The lowest BCUT2D eigenvalue weighted by molar-refractivity contribution is 0.166. The van der Waals surface area contributed by atoms with E-state index in [4.69, 9.17) is 0 Å². The standard InChI is InChI=1S/C11H16OS/c1-9(13)7-11(12)8-10-5-3-2-4-6-10/h2-6,9,11-13H,7-8H2,1H3/t9?,11-/m1/s1. The first-order chi connectivity index (χ1) is 6.18. The fourth-order valence-electron chi connectivity index (χ4n) is 1.36. The SMILES string of the molecule is CC(S)C[C@@H](O)Cc1ccccc1. The van der Waals surface area contributed by atoms with Crippen LogP contribution in [0.3, 0.4) is 0 Å². The van der Waals surface area contributed by atoms with E-state index in [9.17, 15) is 5.11 Å². The molecule has 0 aliphatic carbocycles. The van der Waals surface area contributed by atoms with E-state index in [0.29, 0.717) is 0 Å². The van der Waals surface area contributed by atoms with Crippen molar-refractivity contribution in [3.05, 3.63) is 35.9 Å². The van der Waals surface area contributed by atoms with Crippen LogP contribution in [0.15, 0.2) is 30.3 Å². The average Bonchev–Trinajstić information content (AvgIpc) is 2.04. The molecule has 1 aromatic rings. The molecule has 0 aliphatic heterocycles. The number of hydrogen-bond donors (Lipinski definition) is 2. The Balaban J connectivity index is 2.41. The zero-order chi connectivity index (χ0) is 9.68. The van der Waals surface area contributed by atoms with E-state index in [-0.39, 0.29) is 11.4 Å². The van der Waals surface area contributed by atoms with Gasteiger partial charge in [-0.2, -0.15) is 12.6 Å². The summed E-state index contributed by atoms with van der Waals surface area (Å²) in [6.45, 7) is 2.00. The molecule has 72 valence electrons. The summed E-state index contributed by atoms with van der Waals surface area (Å²) in [5, 5.41) is 9.89. The lowest BCUT2D eigenvalue weighted by Gasteiger charge is -2.12. The molecule has 0 saturated heterocycles. The van der Waals surface area contributed by atoms with E-state index in [0.717, 1.165) is 12.8 Å². The Bertz CT molecular complexity index is 233. The zero-order valence-corrected chi connectivity index (χ0v) is 8.74. The number of hydrogen-bond acceptors (Lipinski definition) is 2. The topological polar surface area (TPSA) is 20.2 Å². The molecule has 1 N–H and O–H groups in total. The lowest BCUT2D eigenvalue weighted by atomic mass is 10.0. The molecule has 0 spiro atoms. The van der Waals surface area contributed by atoms with E-state index in [2.05, 4.69) is 12.6 Å². The van der Waals surface area contributed by atoms with Gasteiger partial charge in [-0.25, -0.2) is 0 Å². The molecule has 0 aliphatic rings. The quantitative estimate of drug-likeness (QED) is 0.708. The lowest BCUT2D eigenvalue weighted by Crippen LogP contribution is -2.14. The van der Waals surface area contributed by atoms with Gasteiger partial charge in [-0.05, 0) is 18.4 Å². The normalized spacial score (nSPS) is 15.3. The van der Waals surface area contributed by atoms with Gasteiger partial charge in [-0.15, -0.1) is 0 Å². The van der Waals surface area contributed by atoms with Gasteiger partial charge in [-0.1, -0.05) is 37.3 Å². The van der Waals surface area contributed by atoms with Crippen LogP contribution in [0.2, 0.25) is 0 Å². The molecule has 2 heteroatoms. The van der Waals surface area contributed by atoms with Crippen molar-refractivity contribution in [1.29, 1.82) is 0 Å². The Morgan fingerprint density at radius 2 is 1.92 bits per heavy atom. The van der Waals surface area contributed by atoms with Crippen LogP contribution in [-0.4, -0.2) is 16.5 Å². The fourth-order valence-corrected chi connectivity index (χ4v) is 1.61. The van der Waals surface area contributed by atoms with Gasteiger partial charge in [0.15, 0.2) is 0 Å². The highest BCUT2D eigenvalue weighted by molar-refractivity contribution is 7.80. The van der Waals surface area contributed by atoms with Crippen LogP contribution < -0.4 is 0 Å². The fraction of sp³-hybridized carbons (Fsp3) is 0.455. The molecule has 0 radical (unpaired) electrons. The molecule has 0 saturated carbocycles. The summed E-state index contributed by atoms with van der Waals surface area (Å²) >= 11 is 4.24. The largest absolute Gasteiger partial charge is 0.393 e. The highest BCUT2D eigenvalue weighted by atomic mass is 32.1. The Morgan fingerprint density at radius 1 is 1.31 bits per heavy atom. The van der Waals surface area contributed by atoms with Crippen LogP contribution in [0, 0.1) is 0 Å². The van der Waals surface area contributed by atoms with Crippen molar-refractivity contribution in [3.8, 4) is 0 Å². The van der Waals surface area contributed by atoms with E-state index >= 15 is 0 Å². The van der Waals surface area contributed by atoms with Crippen molar-refractivity contribution in [2.24, 2.45) is 0 Å². The van der Waals surface area contributed by atoms with Gasteiger partial charge >= 0.3 is 0 Å². The number of thiol groups is 1. The Kier molecular flexibility index (Phi) is 4.33. The number of aliphatic hydroxyl groups excluding tert-OH is 1. The van der Waals surface area contributed by atoms with Crippen molar-refractivity contribution in [2.45, 2.75) is 31.1 Å². The summed E-state index contributed by atoms with van der Waals surface area (Å²) in [4.78, 5) is 0. The van der Waals surface area contributed by atoms with Gasteiger partial charge in [0, 0.05) is 5.25 Å². The van der Waals surface area contributed by atoms with Crippen molar-refractivity contribution in [1.82, 2.24) is 0 Å². The molecular formula is C11H16OS. The molecule has 0 aromatic heterocycles. The minimum atomic E-state index is -0.269. The summed E-state index contributed by atoms with van der Waals surface area (Å²) in [6, 6.07) is 10.0. The molecule has 1 nitrogen and oxygen atoms in total. The third-order valence-electron chi connectivity index (χ3n) is 1.93. The minimum absolute atomic E-state index is 0.263. The maximum Gasteiger partial charge on any atom is 0.0590 e. The monoisotopic (exact) mass is 196 g/mol. The first-order valence-electron chi connectivity index (χ1n) is 4.58. The second kappa shape index (κ2) is 5.30. The van der Waals surface area contributed by atoms with Crippen LogP contribution >= 0.6 is 12.6 Å². The number of rotatable bonds is 4. The third kappa shape index (κ3) is 4.34. The van der Waals surface area contributed by atoms with E-state index in [1.54, 1.807) is 0 Å². The number of benzene rings is 1. The Labute approximate surface area is 85.2 Å². The zero-order valence-electron chi connectivity index (χ0n) is 7.85. The van der Waals surface area contributed by atoms with Crippen molar-refractivity contribution >= 4 is 12.6 Å². The van der Waals surface area contributed by atoms with Crippen LogP contribution in [0.1, 0.15) is 18.9 Å². The van der Waals surface area contributed by atoms with Gasteiger partial charge in [0.2, 0.25) is 0 Å². The highest BCUT2D eigenvalue weighted by Crippen LogP contribution is 2.09. The smallest absolute Gasteiger partial charge is 0.0590 e. The predicted molar refractivity (Wildman–Crippen MR) is 59.2 cm³/mol. The molecule has 0 heterocycles. The summed E-state index contributed by atoms with van der Waals surface area (Å²) in [6.07, 6.45) is 1.21. The molecule has 2 atom stereocenters. The minimum Gasteiger partial charge on any atom is -0.393 e. The molecule has 0 bridgehead atoms. The maximum atomic E-state index is 9.62. The average molecular weight is 196 g/mol. The van der Waals surface area contributed by atoms with Gasteiger partial charge in [0.25, 0.3) is 0 Å². The molecule has 0 fully saturated rings. The van der Waals surface area contributed by atoms with Crippen LogP contribution in [0.25, 0.3) is 0 Å². The van der Waals surface area contributed by atoms with Gasteiger partial charge in [0.05, 0.1) is 6.10 Å². The van der Waals surface area contributed by atoms with Crippen molar-refractivity contribution in [3.63, 3.8) is 0 Å². The van der Waals surface area contributed by atoms with Crippen molar-refractivity contribution < 1.29 is 5.11 Å².